The SMILES string of the molecule is Cl.NCc1ccc(C(=O)NCCOC2CCCCCC2)cc1. The van der Waals surface area contributed by atoms with Crippen LogP contribution < -0.4 is 11.1 Å². The largest absolute Gasteiger partial charge is 0.376 e. The van der Waals surface area contributed by atoms with Crippen molar-refractivity contribution in [3.05, 3.63) is 35.4 Å². The van der Waals surface area contributed by atoms with Gasteiger partial charge in [-0.2, -0.15) is 0 Å². The number of rotatable bonds is 6. The summed E-state index contributed by atoms with van der Waals surface area (Å²) >= 11 is 0. The molecule has 3 N–H and O–H groups in total. The molecule has 0 spiro atoms. The number of nitrogens with two attached hydrogens (primary N) is 1. The molecule has 0 atom stereocenters. The minimum Gasteiger partial charge on any atom is -0.376 e. The molecule has 1 aliphatic rings. The van der Waals surface area contributed by atoms with E-state index < -0.39 is 0 Å². The predicted molar refractivity (Wildman–Crippen MR) is 91.4 cm³/mol. The molecule has 0 unspecified atom stereocenters. The van der Waals surface area contributed by atoms with E-state index in [-0.39, 0.29) is 18.3 Å². The van der Waals surface area contributed by atoms with Gasteiger partial charge in [0.15, 0.2) is 0 Å². The Morgan fingerprint density at radius 2 is 1.77 bits per heavy atom. The lowest BCUT2D eigenvalue weighted by Gasteiger charge is -2.15. The molecule has 4 nitrogen and oxygen atoms in total. The van der Waals surface area contributed by atoms with Gasteiger partial charge in [-0.05, 0) is 30.5 Å². The fourth-order valence-electron chi connectivity index (χ4n) is 2.69. The van der Waals surface area contributed by atoms with Crippen LogP contribution in [0, 0.1) is 0 Å². The van der Waals surface area contributed by atoms with Gasteiger partial charge in [-0.25, -0.2) is 0 Å². The van der Waals surface area contributed by atoms with Crippen LogP contribution in [0.3, 0.4) is 0 Å². The lowest BCUT2D eigenvalue weighted by Crippen LogP contribution is -2.28. The van der Waals surface area contributed by atoms with Crippen molar-refractivity contribution in [1.82, 2.24) is 5.32 Å². The first kappa shape index (κ1) is 18.9. The Kier molecular flexibility index (Phi) is 9.13. The number of halogens is 1. The van der Waals surface area contributed by atoms with Crippen LogP contribution in [0.1, 0.15) is 54.4 Å². The molecule has 0 aliphatic heterocycles. The van der Waals surface area contributed by atoms with Gasteiger partial charge in [0.2, 0.25) is 0 Å². The molecule has 2 rings (SSSR count). The minimum absolute atomic E-state index is 0. The van der Waals surface area contributed by atoms with E-state index in [0.717, 1.165) is 18.4 Å². The number of carbonyl (C=O) groups is 1. The molecule has 1 amide bonds. The lowest BCUT2D eigenvalue weighted by molar-refractivity contribution is 0.0442. The van der Waals surface area contributed by atoms with Crippen molar-refractivity contribution in [2.24, 2.45) is 5.73 Å². The second-order valence-electron chi connectivity index (χ2n) is 5.64. The van der Waals surface area contributed by atoms with Gasteiger partial charge in [-0.1, -0.05) is 37.8 Å². The third kappa shape index (κ3) is 6.34. The number of ether oxygens (including phenoxy) is 1. The van der Waals surface area contributed by atoms with Crippen molar-refractivity contribution in [2.75, 3.05) is 13.2 Å². The van der Waals surface area contributed by atoms with Crippen LogP contribution in [0.15, 0.2) is 24.3 Å². The van der Waals surface area contributed by atoms with E-state index in [1.807, 2.05) is 24.3 Å². The lowest BCUT2D eigenvalue weighted by atomic mass is 10.1. The molecule has 0 radical (unpaired) electrons. The fraction of sp³-hybridized carbons (Fsp3) is 0.588. The highest BCUT2D eigenvalue weighted by atomic mass is 35.5. The third-order valence-corrected chi connectivity index (χ3v) is 4.00. The summed E-state index contributed by atoms with van der Waals surface area (Å²) < 4.78 is 5.85. The van der Waals surface area contributed by atoms with E-state index >= 15 is 0 Å². The van der Waals surface area contributed by atoms with E-state index in [1.165, 1.54) is 25.7 Å². The van der Waals surface area contributed by atoms with Crippen LogP contribution in [0.4, 0.5) is 0 Å². The number of nitrogens with one attached hydrogen (secondary N) is 1. The Bertz CT molecular complexity index is 429. The van der Waals surface area contributed by atoms with E-state index in [0.29, 0.717) is 31.4 Å². The van der Waals surface area contributed by atoms with E-state index in [4.69, 9.17) is 10.5 Å². The van der Waals surface area contributed by atoms with Crippen LogP contribution in [-0.4, -0.2) is 25.2 Å². The van der Waals surface area contributed by atoms with Gasteiger partial charge in [0.1, 0.15) is 0 Å². The number of hydrogen-bond acceptors (Lipinski definition) is 3. The molecule has 1 fully saturated rings. The van der Waals surface area contributed by atoms with Crippen molar-refractivity contribution in [3.8, 4) is 0 Å². The Morgan fingerprint density at radius 1 is 1.14 bits per heavy atom. The summed E-state index contributed by atoms with van der Waals surface area (Å²) in [6.45, 7) is 1.66. The second-order valence-corrected chi connectivity index (χ2v) is 5.64. The molecule has 22 heavy (non-hydrogen) atoms. The van der Waals surface area contributed by atoms with Gasteiger partial charge < -0.3 is 15.8 Å². The van der Waals surface area contributed by atoms with Crippen molar-refractivity contribution < 1.29 is 9.53 Å². The second kappa shape index (κ2) is 10.6. The standard InChI is InChI=1S/C17H26N2O2.ClH/c18-13-14-7-9-15(10-8-14)17(20)19-11-12-21-16-5-3-1-2-4-6-16;/h7-10,16H,1-6,11-13,18H2,(H,19,20);1H. The molecule has 0 aromatic heterocycles. The molecule has 1 aromatic rings. The molecule has 1 aliphatic carbocycles. The number of benzene rings is 1. The first-order valence-electron chi connectivity index (χ1n) is 7.98. The molecule has 124 valence electrons. The summed E-state index contributed by atoms with van der Waals surface area (Å²) in [4.78, 5) is 12.0. The highest BCUT2D eigenvalue weighted by Gasteiger charge is 2.12. The van der Waals surface area contributed by atoms with Crippen molar-refractivity contribution >= 4 is 18.3 Å². The monoisotopic (exact) mass is 326 g/mol. The Balaban J connectivity index is 0.00000242. The van der Waals surface area contributed by atoms with Crippen LogP contribution in [0.25, 0.3) is 0 Å². The molecule has 0 saturated heterocycles. The maximum atomic E-state index is 12.0. The zero-order valence-electron chi connectivity index (χ0n) is 13.1. The summed E-state index contributed by atoms with van der Waals surface area (Å²) in [6, 6.07) is 7.39. The number of amides is 1. The molecule has 1 saturated carbocycles. The van der Waals surface area contributed by atoms with Crippen molar-refractivity contribution in [2.45, 2.75) is 51.2 Å². The minimum atomic E-state index is -0.0527. The summed E-state index contributed by atoms with van der Waals surface area (Å²) in [5.41, 5.74) is 7.24. The van der Waals surface area contributed by atoms with Crippen molar-refractivity contribution in [1.29, 1.82) is 0 Å². The maximum Gasteiger partial charge on any atom is 0.251 e. The normalized spacial score (nSPS) is 15.7. The highest BCUT2D eigenvalue weighted by molar-refractivity contribution is 5.94. The first-order valence-corrected chi connectivity index (χ1v) is 7.98. The summed E-state index contributed by atoms with van der Waals surface area (Å²) in [5, 5.41) is 2.90. The maximum absolute atomic E-state index is 12.0. The number of hydrogen-bond donors (Lipinski definition) is 2. The van der Waals surface area contributed by atoms with E-state index in [2.05, 4.69) is 5.32 Å². The predicted octanol–water partition coefficient (Wildman–Crippen LogP) is 3.04. The molecular weight excluding hydrogens is 300 g/mol. The summed E-state index contributed by atoms with van der Waals surface area (Å²) in [5.74, 6) is -0.0527. The molecule has 0 bridgehead atoms. The van der Waals surface area contributed by atoms with E-state index in [1.54, 1.807) is 0 Å². The zero-order valence-corrected chi connectivity index (χ0v) is 13.9. The first-order chi connectivity index (χ1) is 10.3. The van der Waals surface area contributed by atoms with Crippen LogP contribution in [0.5, 0.6) is 0 Å². The fourth-order valence-corrected chi connectivity index (χ4v) is 2.69. The average Bonchev–Trinajstić information content (AvgIpc) is 2.80. The Morgan fingerprint density at radius 3 is 2.36 bits per heavy atom. The van der Waals surface area contributed by atoms with Gasteiger partial charge >= 0.3 is 0 Å². The molecular formula is C17H27ClN2O2. The smallest absolute Gasteiger partial charge is 0.251 e. The quantitative estimate of drug-likeness (QED) is 0.624. The van der Waals surface area contributed by atoms with Gasteiger partial charge in [-0.15, -0.1) is 12.4 Å². The van der Waals surface area contributed by atoms with Gasteiger partial charge in [0, 0.05) is 18.7 Å². The van der Waals surface area contributed by atoms with Crippen LogP contribution in [0.2, 0.25) is 0 Å². The summed E-state index contributed by atoms with van der Waals surface area (Å²) in [6.07, 6.45) is 7.90. The van der Waals surface area contributed by atoms with Crippen LogP contribution >= 0.6 is 12.4 Å². The number of carbonyl (C=O) groups excluding carboxylic acids is 1. The molecule has 5 heteroatoms. The van der Waals surface area contributed by atoms with Gasteiger partial charge in [-0.3, -0.25) is 4.79 Å². The molecule has 1 aromatic carbocycles. The van der Waals surface area contributed by atoms with Crippen LogP contribution in [-0.2, 0) is 11.3 Å². The summed E-state index contributed by atoms with van der Waals surface area (Å²) in [7, 11) is 0. The topological polar surface area (TPSA) is 64.4 Å². The van der Waals surface area contributed by atoms with Crippen molar-refractivity contribution in [3.63, 3.8) is 0 Å². The van der Waals surface area contributed by atoms with E-state index in [9.17, 15) is 4.79 Å². The zero-order chi connectivity index (χ0) is 14.9. The Labute approximate surface area is 139 Å². The van der Waals surface area contributed by atoms with Gasteiger partial charge in [0.05, 0.1) is 12.7 Å². The third-order valence-electron chi connectivity index (χ3n) is 4.00. The molecule has 0 heterocycles. The highest BCUT2D eigenvalue weighted by Crippen LogP contribution is 2.19. The average molecular weight is 327 g/mol. The Hall–Kier alpha value is -1.10. The van der Waals surface area contributed by atoms with Gasteiger partial charge in [0.25, 0.3) is 5.91 Å².